The Hall–Kier alpha value is -0.0300. The first-order chi connectivity index (χ1) is 8.83. The van der Waals surface area contributed by atoms with Crippen LogP contribution in [0.5, 0.6) is 0 Å². The zero-order valence-corrected chi connectivity index (χ0v) is 12.5. The molecular formula is C14H21NOS2. The molecule has 3 heterocycles. The molecule has 2 nitrogen and oxygen atoms in total. The van der Waals surface area contributed by atoms with Crippen molar-refractivity contribution >= 4 is 23.1 Å². The normalized spacial score (nSPS) is 31.5. The van der Waals surface area contributed by atoms with E-state index >= 15 is 0 Å². The summed E-state index contributed by atoms with van der Waals surface area (Å²) in [4.78, 5) is 0. The Morgan fingerprint density at radius 2 is 2.44 bits per heavy atom. The Morgan fingerprint density at radius 1 is 1.50 bits per heavy atom. The highest BCUT2D eigenvalue weighted by Gasteiger charge is 2.26. The van der Waals surface area contributed by atoms with Crippen molar-refractivity contribution in [3.63, 3.8) is 0 Å². The van der Waals surface area contributed by atoms with E-state index in [1.165, 1.54) is 29.0 Å². The number of hydrogen-bond donors (Lipinski definition) is 1. The van der Waals surface area contributed by atoms with Crippen molar-refractivity contribution in [1.82, 2.24) is 5.32 Å². The van der Waals surface area contributed by atoms with Crippen LogP contribution >= 0.6 is 23.1 Å². The fourth-order valence-electron chi connectivity index (χ4n) is 2.82. The lowest BCUT2D eigenvalue weighted by Gasteiger charge is -2.28. The summed E-state index contributed by atoms with van der Waals surface area (Å²) in [5, 5.41) is 6.73. The summed E-state index contributed by atoms with van der Waals surface area (Å²) in [7, 11) is 0. The topological polar surface area (TPSA) is 21.3 Å². The van der Waals surface area contributed by atoms with Crippen LogP contribution in [-0.2, 0) is 4.74 Å². The van der Waals surface area contributed by atoms with E-state index in [2.05, 4.69) is 23.7 Å². The van der Waals surface area contributed by atoms with Crippen molar-refractivity contribution in [3.05, 3.63) is 17.0 Å². The average Bonchev–Trinajstić information content (AvgIpc) is 2.98. The van der Waals surface area contributed by atoms with Crippen molar-refractivity contribution in [2.45, 2.75) is 41.7 Å². The molecule has 18 heavy (non-hydrogen) atoms. The van der Waals surface area contributed by atoms with Crippen molar-refractivity contribution in [1.29, 1.82) is 0 Å². The Morgan fingerprint density at radius 3 is 3.28 bits per heavy atom. The van der Waals surface area contributed by atoms with Gasteiger partial charge in [-0.3, -0.25) is 0 Å². The van der Waals surface area contributed by atoms with Crippen LogP contribution in [0.1, 0.15) is 37.8 Å². The number of thiophene rings is 1. The first-order valence-corrected chi connectivity index (χ1v) is 8.64. The molecule has 1 aromatic heterocycles. The minimum absolute atomic E-state index is 0.574. The zero-order chi connectivity index (χ0) is 12.4. The van der Waals surface area contributed by atoms with E-state index in [9.17, 15) is 0 Å². The van der Waals surface area contributed by atoms with Gasteiger partial charge in [0.25, 0.3) is 0 Å². The van der Waals surface area contributed by atoms with Crippen LogP contribution in [0.3, 0.4) is 0 Å². The second-order valence-electron chi connectivity index (χ2n) is 5.35. The highest BCUT2D eigenvalue weighted by molar-refractivity contribution is 8.01. The number of ether oxygens (including phenoxy) is 1. The summed E-state index contributed by atoms with van der Waals surface area (Å²) < 4.78 is 6.95. The molecule has 0 spiro atoms. The molecule has 0 amide bonds. The third kappa shape index (κ3) is 2.93. The van der Waals surface area contributed by atoms with Crippen molar-refractivity contribution in [2.24, 2.45) is 5.92 Å². The smallest absolute Gasteiger partial charge is 0.0649 e. The van der Waals surface area contributed by atoms with Gasteiger partial charge in [0.15, 0.2) is 0 Å². The molecule has 2 unspecified atom stereocenters. The third-order valence-corrected chi connectivity index (χ3v) is 6.22. The number of hydrogen-bond acceptors (Lipinski definition) is 4. The van der Waals surface area contributed by atoms with Crippen LogP contribution in [0.4, 0.5) is 0 Å². The van der Waals surface area contributed by atoms with E-state index in [1.54, 1.807) is 0 Å². The van der Waals surface area contributed by atoms with Crippen LogP contribution in [0, 0.1) is 5.92 Å². The molecule has 0 aliphatic carbocycles. The lowest BCUT2D eigenvalue weighted by Crippen LogP contribution is -2.28. The summed E-state index contributed by atoms with van der Waals surface area (Å²) in [6.45, 7) is 5.41. The minimum Gasteiger partial charge on any atom is -0.381 e. The third-order valence-electron chi connectivity index (χ3n) is 3.88. The van der Waals surface area contributed by atoms with E-state index in [0.29, 0.717) is 6.04 Å². The number of thioether (sulfide) groups is 1. The van der Waals surface area contributed by atoms with Gasteiger partial charge in [0.1, 0.15) is 0 Å². The number of nitrogens with one attached hydrogen (secondary N) is 1. The second-order valence-corrected chi connectivity index (χ2v) is 7.98. The summed E-state index contributed by atoms with van der Waals surface area (Å²) in [6, 6.07) is 2.87. The number of rotatable bonds is 4. The zero-order valence-electron chi connectivity index (χ0n) is 10.9. The Kier molecular flexibility index (Phi) is 4.29. The Bertz CT molecular complexity index is 387. The molecule has 0 radical (unpaired) electrons. The van der Waals surface area contributed by atoms with E-state index in [4.69, 9.17) is 4.74 Å². The van der Waals surface area contributed by atoms with E-state index in [-0.39, 0.29) is 0 Å². The van der Waals surface area contributed by atoms with Gasteiger partial charge in [0.05, 0.1) is 4.21 Å². The van der Waals surface area contributed by atoms with Crippen molar-refractivity contribution in [3.8, 4) is 0 Å². The SMILES string of the molecule is C[C@H]1CC(NCCC2CCOC2)c2ccsc2S1. The molecular weight excluding hydrogens is 262 g/mol. The van der Waals surface area contributed by atoms with E-state index in [0.717, 1.165) is 30.9 Å². The van der Waals surface area contributed by atoms with Gasteiger partial charge in [-0.15, -0.1) is 23.1 Å². The lowest BCUT2D eigenvalue weighted by molar-refractivity contribution is 0.184. The molecule has 3 rings (SSSR count). The second kappa shape index (κ2) is 5.95. The van der Waals surface area contributed by atoms with E-state index in [1.807, 2.05) is 23.1 Å². The molecule has 0 saturated carbocycles. The van der Waals surface area contributed by atoms with Crippen LogP contribution in [0.2, 0.25) is 0 Å². The molecule has 1 N–H and O–H groups in total. The maximum Gasteiger partial charge on any atom is 0.0649 e. The minimum atomic E-state index is 0.574. The molecule has 1 saturated heterocycles. The van der Waals surface area contributed by atoms with Crippen LogP contribution in [0.15, 0.2) is 15.7 Å². The first kappa shape index (κ1) is 13.0. The molecule has 1 aromatic rings. The molecule has 4 heteroatoms. The molecule has 2 aliphatic rings. The van der Waals surface area contributed by atoms with Crippen LogP contribution < -0.4 is 5.32 Å². The predicted molar refractivity (Wildman–Crippen MR) is 78.5 cm³/mol. The number of fused-ring (bicyclic) bond motifs is 1. The van der Waals surface area contributed by atoms with Crippen molar-refractivity contribution in [2.75, 3.05) is 19.8 Å². The monoisotopic (exact) mass is 283 g/mol. The highest BCUT2D eigenvalue weighted by Crippen LogP contribution is 2.43. The fourth-order valence-corrected chi connectivity index (χ4v) is 5.38. The molecule has 1 fully saturated rings. The Balaban J connectivity index is 1.53. The van der Waals surface area contributed by atoms with Gasteiger partial charge in [-0.25, -0.2) is 0 Å². The van der Waals surface area contributed by atoms with Crippen molar-refractivity contribution < 1.29 is 4.74 Å². The summed E-state index contributed by atoms with van der Waals surface area (Å²) in [5.74, 6) is 0.787. The van der Waals surface area contributed by atoms with E-state index < -0.39 is 0 Å². The molecule has 2 aliphatic heterocycles. The molecule has 100 valence electrons. The standard InChI is InChI=1S/C14H21NOS2/c1-10-8-13(12-4-7-17-14(12)18-10)15-5-2-11-3-6-16-9-11/h4,7,10-11,13,15H,2-3,5-6,8-9H2,1H3/t10-,11?,13?/m0/s1. The fraction of sp³-hybridized carbons (Fsp3) is 0.714. The predicted octanol–water partition coefficient (Wildman–Crippen LogP) is 3.69. The van der Waals surface area contributed by atoms with Gasteiger partial charge in [-0.1, -0.05) is 6.92 Å². The average molecular weight is 283 g/mol. The maximum absolute atomic E-state index is 5.43. The van der Waals surface area contributed by atoms with Gasteiger partial charge >= 0.3 is 0 Å². The molecule has 0 bridgehead atoms. The first-order valence-electron chi connectivity index (χ1n) is 6.88. The summed E-state index contributed by atoms with van der Waals surface area (Å²) in [5.41, 5.74) is 1.53. The van der Waals surface area contributed by atoms with Crippen LogP contribution in [0.25, 0.3) is 0 Å². The van der Waals surface area contributed by atoms with Gasteiger partial charge < -0.3 is 10.1 Å². The van der Waals surface area contributed by atoms with Crippen LogP contribution in [-0.4, -0.2) is 25.0 Å². The van der Waals surface area contributed by atoms with Gasteiger partial charge in [-0.2, -0.15) is 0 Å². The Labute approximate surface area is 117 Å². The maximum atomic E-state index is 5.43. The molecule has 3 atom stereocenters. The van der Waals surface area contributed by atoms with Gasteiger partial charge in [-0.05, 0) is 48.7 Å². The quantitative estimate of drug-likeness (QED) is 0.910. The summed E-state index contributed by atoms with van der Waals surface area (Å²) >= 11 is 3.93. The van der Waals surface area contributed by atoms with Gasteiger partial charge in [0.2, 0.25) is 0 Å². The molecule has 0 aromatic carbocycles. The lowest BCUT2D eigenvalue weighted by atomic mass is 10.0. The summed E-state index contributed by atoms with van der Waals surface area (Å²) in [6.07, 6.45) is 3.77. The van der Waals surface area contributed by atoms with Gasteiger partial charge in [0, 0.05) is 24.5 Å². The largest absolute Gasteiger partial charge is 0.381 e. The highest BCUT2D eigenvalue weighted by atomic mass is 32.2.